The summed E-state index contributed by atoms with van der Waals surface area (Å²) in [4.78, 5) is 18.7. The summed E-state index contributed by atoms with van der Waals surface area (Å²) in [6, 6.07) is 11.3. The van der Waals surface area contributed by atoms with Crippen molar-refractivity contribution in [1.29, 1.82) is 0 Å². The van der Waals surface area contributed by atoms with Gasteiger partial charge in [0, 0.05) is 24.8 Å². The Balaban J connectivity index is 2.07. The van der Waals surface area contributed by atoms with Crippen LogP contribution >= 0.6 is 0 Å². The predicted molar refractivity (Wildman–Crippen MR) is 97.0 cm³/mol. The van der Waals surface area contributed by atoms with E-state index in [0.29, 0.717) is 5.69 Å². The van der Waals surface area contributed by atoms with Crippen LogP contribution in [0.5, 0.6) is 5.75 Å². The van der Waals surface area contributed by atoms with Gasteiger partial charge in [-0.15, -0.1) is 0 Å². The molecule has 0 fully saturated rings. The molecule has 24 heavy (non-hydrogen) atoms. The highest BCUT2D eigenvalue weighted by atomic mass is 16.5. The second-order valence-electron chi connectivity index (χ2n) is 5.58. The molecule has 1 N–H and O–H groups in total. The van der Waals surface area contributed by atoms with E-state index >= 15 is 0 Å². The number of pyridine rings is 1. The molecule has 1 aromatic heterocycles. The van der Waals surface area contributed by atoms with Gasteiger partial charge in [-0.3, -0.25) is 4.79 Å². The molecule has 5 heteroatoms. The number of ether oxygens (including phenoxy) is 1. The molecule has 1 aromatic carbocycles. The molecule has 2 aromatic rings. The number of carbonyl (C=O) groups is 1. The van der Waals surface area contributed by atoms with E-state index < -0.39 is 0 Å². The molecule has 128 valence electrons. The Morgan fingerprint density at radius 1 is 1.12 bits per heavy atom. The fourth-order valence-corrected chi connectivity index (χ4v) is 2.48. The molecule has 0 bridgehead atoms. The second-order valence-corrected chi connectivity index (χ2v) is 5.58. The summed E-state index contributed by atoms with van der Waals surface area (Å²) in [7, 11) is 1.64. The van der Waals surface area contributed by atoms with Crippen LogP contribution in [0.1, 0.15) is 37.2 Å². The normalized spacial score (nSPS) is 10.3. The van der Waals surface area contributed by atoms with E-state index in [1.807, 2.05) is 35.2 Å². The summed E-state index contributed by atoms with van der Waals surface area (Å²) < 4.78 is 5.21. The molecule has 0 atom stereocenters. The van der Waals surface area contributed by atoms with Crippen molar-refractivity contribution in [2.75, 3.05) is 25.5 Å². The number of rotatable bonds is 8. The van der Waals surface area contributed by atoms with Gasteiger partial charge in [-0.1, -0.05) is 19.9 Å². The van der Waals surface area contributed by atoms with Gasteiger partial charge < -0.3 is 15.0 Å². The molecule has 0 radical (unpaired) electrons. The highest BCUT2D eigenvalue weighted by Crippen LogP contribution is 2.21. The Hall–Kier alpha value is -2.56. The summed E-state index contributed by atoms with van der Waals surface area (Å²) in [5, 5.41) is 3.26. The zero-order chi connectivity index (χ0) is 17.4. The van der Waals surface area contributed by atoms with Gasteiger partial charge in [0.15, 0.2) is 0 Å². The molecule has 0 aliphatic carbocycles. The average molecular weight is 327 g/mol. The Morgan fingerprint density at radius 3 is 2.46 bits per heavy atom. The number of carbonyl (C=O) groups excluding carboxylic acids is 1. The molecule has 0 aliphatic heterocycles. The molecule has 0 spiro atoms. The first kappa shape index (κ1) is 17.8. The van der Waals surface area contributed by atoms with Crippen LogP contribution in [0.4, 0.5) is 11.4 Å². The predicted octanol–water partition coefficient (Wildman–Crippen LogP) is 4.10. The number of methoxy groups -OCH3 is 1. The number of aromatic nitrogens is 1. The number of nitrogens with zero attached hydrogens (tertiary/aromatic N) is 2. The molecule has 2 rings (SSSR count). The van der Waals surface area contributed by atoms with E-state index in [1.54, 1.807) is 19.4 Å². The van der Waals surface area contributed by atoms with Crippen LogP contribution in [0.15, 0.2) is 42.6 Å². The molecular weight excluding hydrogens is 302 g/mol. The monoisotopic (exact) mass is 327 g/mol. The fraction of sp³-hybridized carbons (Fsp3) is 0.368. The van der Waals surface area contributed by atoms with Gasteiger partial charge in [0.05, 0.1) is 19.0 Å². The second kappa shape index (κ2) is 8.91. The van der Waals surface area contributed by atoms with Crippen molar-refractivity contribution in [3.63, 3.8) is 0 Å². The van der Waals surface area contributed by atoms with E-state index in [0.717, 1.165) is 43.1 Å². The lowest BCUT2D eigenvalue weighted by Crippen LogP contribution is -2.33. The van der Waals surface area contributed by atoms with Crippen molar-refractivity contribution in [2.45, 2.75) is 26.7 Å². The molecule has 0 aliphatic rings. The fourth-order valence-electron chi connectivity index (χ4n) is 2.48. The largest absolute Gasteiger partial charge is 0.497 e. The van der Waals surface area contributed by atoms with Crippen molar-refractivity contribution >= 4 is 17.3 Å². The average Bonchev–Trinajstić information content (AvgIpc) is 2.62. The quantitative estimate of drug-likeness (QED) is 0.793. The number of benzene rings is 1. The van der Waals surface area contributed by atoms with E-state index in [9.17, 15) is 4.79 Å². The minimum Gasteiger partial charge on any atom is -0.497 e. The minimum atomic E-state index is -0.00775. The van der Waals surface area contributed by atoms with Crippen LogP contribution in [0.2, 0.25) is 0 Å². The first-order valence-corrected chi connectivity index (χ1v) is 8.34. The number of anilines is 2. The van der Waals surface area contributed by atoms with Crippen molar-refractivity contribution in [2.24, 2.45) is 0 Å². The maximum Gasteiger partial charge on any atom is 0.272 e. The van der Waals surface area contributed by atoms with Crippen LogP contribution in [-0.4, -0.2) is 36.0 Å². The summed E-state index contributed by atoms with van der Waals surface area (Å²) in [6.45, 7) is 5.67. The number of hydrogen-bond acceptors (Lipinski definition) is 4. The van der Waals surface area contributed by atoms with Gasteiger partial charge in [-0.25, -0.2) is 4.98 Å². The lowest BCUT2D eigenvalue weighted by atomic mass is 10.2. The molecular formula is C19H25N3O2. The zero-order valence-electron chi connectivity index (χ0n) is 14.6. The summed E-state index contributed by atoms with van der Waals surface area (Å²) in [6.07, 6.45) is 3.57. The minimum absolute atomic E-state index is 0.00775. The van der Waals surface area contributed by atoms with Gasteiger partial charge in [-0.05, 0) is 37.1 Å². The highest BCUT2D eigenvalue weighted by molar-refractivity contribution is 5.92. The first-order valence-electron chi connectivity index (χ1n) is 8.34. The third kappa shape index (κ3) is 4.72. The van der Waals surface area contributed by atoms with E-state index in [-0.39, 0.29) is 5.91 Å². The molecule has 5 nitrogen and oxygen atoms in total. The summed E-state index contributed by atoms with van der Waals surface area (Å²) in [5.74, 6) is 0.779. The number of nitrogens with one attached hydrogen (secondary N) is 1. The van der Waals surface area contributed by atoms with Crippen LogP contribution in [0.25, 0.3) is 0 Å². The highest BCUT2D eigenvalue weighted by Gasteiger charge is 2.15. The van der Waals surface area contributed by atoms with Gasteiger partial charge in [-0.2, -0.15) is 0 Å². The summed E-state index contributed by atoms with van der Waals surface area (Å²) >= 11 is 0. The zero-order valence-corrected chi connectivity index (χ0v) is 14.6. The third-order valence-electron chi connectivity index (χ3n) is 3.62. The Morgan fingerprint density at radius 2 is 1.88 bits per heavy atom. The SMILES string of the molecule is CCCN(CCC)C(=O)c1ccc(Nc2cccc(OC)c2)cn1. The van der Waals surface area contributed by atoms with Gasteiger partial charge in [0.1, 0.15) is 11.4 Å². The third-order valence-corrected chi connectivity index (χ3v) is 3.62. The lowest BCUT2D eigenvalue weighted by Gasteiger charge is -2.21. The van der Waals surface area contributed by atoms with Crippen molar-refractivity contribution < 1.29 is 9.53 Å². The van der Waals surface area contributed by atoms with Crippen LogP contribution < -0.4 is 10.1 Å². The smallest absolute Gasteiger partial charge is 0.272 e. The topological polar surface area (TPSA) is 54.5 Å². The molecule has 1 amide bonds. The maximum absolute atomic E-state index is 12.5. The lowest BCUT2D eigenvalue weighted by molar-refractivity contribution is 0.0749. The molecule has 1 heterocycles. The number of amides is 1. The van der Waals surface area contributed by atoms with E-state index in [1.165, 1.54) is 0 Å². The Kier molecular flexibility index (Phi) is 6.61. The molecule has 0 saturated carbocycles. The van der Waals surface area contributed by atoms with Gasteiger partial charge >= 0.3 is 0 Å². The molecule has 0 saturated heterocycles. The maximum atomic E-state index is 12.5. The Bertz CT molecular complexity index is 650. The van der Waals surface area contributed by atoms with Crippen LogP contribution in [0, 0.1) is 0 Å². The van der Waals surface area contributed by atoms with Crippen molar-refractivity contribution in [3.05, 3.63) is 48.3 Å². The van der Waals surface area contributed by atoms with E-state index in [2.05, 4.69) is 24.1 Å². The summed E-state index contributed by atoms with van der Waals surface area (Å²) in [5.41, 5.74) is 2.22. The first-order chi connectivity index (χ1) is 11.7. The molecule has 0 unspecified atom stereocenters. The standard InChI is InChI=1S/C19H25N3O2/c1-4-11-22(12-5-2)19(23)18-10-9-16(14-20-18)21-15-7-6-8-17(13-15)24-3/h6-10,13-14,21H,4-5,11-12H2,1-3H3. The van der Waals surface area contributed by atoms with Crippen molar-refractivity contribution in [3.8, 4) is 5.75 Å². The number of hydrogen-bond donors (Lipinski definition) is 1. The van der Waals surface area contributed by atoms with E-state index in [4.69, 9.17) is 4.74 Å². The van der Waals surface area contributed by atoms with Gasteiger partial charge in [0.2, 0.25) is 0 Å². The van der Waals surface area contributed by atoms with Crippen molar-refractivity contribution in [1.82, 2.24) is 9.88 Å². The Labute approximate surface area is 143 Å². The van der Waals surface area contributed by atoms with Gasteiger partial charge in [0.25, 0.3) is 5.91 Å². The van der Waals surface area contributed by atoms with Crippen LogP contribution in [-0.2, 0) is 0 Å². The van der Waals surface area contributed by atoms with Crippen LogP contribution in [0.3, 0.4) is 0 Å².